The maximum atomic E-state index is 13.8. The number of aryl methyl sites for hydroxylation is 3. The van der Waals surface area contributed by atoms with Crippen molar-refractivity contribution >= 4 is 25.8 Å². The van der Waals surface area contributed by atoms with Crippen LogP contribution in [0.3, 0.4) is 0 Å². The van der Waals surface area contributed by atoms with Gasteiger partial charge in [0.25, 0.3) is 0 Å². The van der Waals surface area contributed by atoms with Crippen molar-refractivity contribution in [1.29, 1.82) is 0 Å². The Kier molecular flexibility index (Phi) is 7.15. The Hall–Kier alpha value is -3.09. The fraction of sp³-hybridized carbons (Fsp3) is 0.321. The second-order valence-electron chi connectivity index (χ2n) is 10.6. The normalized spacial score (nSPS) is 23.1. The molecule has 0 amide bonds. The number of benzene rings is 3. The number of fused-ring (bicyclic) bond motifs is 2. The van der Waals surface area contributed by atoms with E-state index in [4.69, 9.17) is 5.84 Å². The van der Waals surface area contributed by atoms with Crippen LogP contribution < -0.4 is 5.84 Å². The summed E-state index contributed by atoms with van der Waals surface area (Å²) in [4.78, 5) is 2.22. The molecule has 9 nitrogen and oxygen atoms in total. The molecule has 5 rings (SSSR count). The summed E-state index contributed by atoms with van der Waals surface area (Å²) in [5.41, 5.74) is 3.16. The van der Waals surface area contributed by atoms with Crippen molar-refractivity contribution in [3.8, 4) is 0 Å². The quantitative estimate of drug-likeness (QED) is 0.278. The first-order valence-electron chi connectivity index (χ1n) is 12.7. The Morgan fingerprint density at radius 1 is 0.667 bits per heavy atom. The molecule has 11 heteroatoms. The molecule has 2 bridgehead atoms. The van der Waals surface area contributed by atoms with Crippen molar-refractivity contribution in [3.05, 3.63) is 95.1 Å². The minimum absolute atomic E-state index is 0.0313. The largest absolute Gasteiger partial charge is 0.323 e. The van der Waals surface area contributed by atoms with Gasteiger partial charge in [-0.3, -0.25) is 4.90 Å². The highest BCUT2D eigenvalue weighted by atomic mass is 32.2. The van der Waals surface area contributed by atoms with Crippen LogP contribution in [0, 0.1) is 26.2 Å². The third-order valence-corrected chi connectivity index (χ3v) is 11.1. The van der Waals surface area contributed by atoms with E-state index in [2.05, 4.69) is 5.10 Å². The standard InChI is InChI=1S/C28H33N5O4S2/c1-21-4-10-24(11-5-21)27(30-29)28-16-31(19-32(17-28)38(34,35)25-12-6-22(2)7-13-25)20-33(18-28)39(36,37)26-14-8-23(3)9-15-26/h4-15H,16-20,29H2,1-3H3. The molecule has 0 atom stereocenters. The van der Waals surface area contributed by atoms with Gasteiger partial charge in [0, 0.05) is 19.6 Å². The lowest BCUT2D eigenvalue weighted by Gasteiger charge is -2.53. The van der Waals surface area contributed by atoms with Crippen LogP contribution >= 0.6 is 0 Å². The number of rotatable bonds is 6. The smallest absolute Gasteiger partial charge is 0.244 e. The summed E-state index contributed by atoms with van der Waals surface area (Å²) >= 11 is 0. The molecule has 3 aromatic rings. The van der Waals surface area contributed by atoms with E-state index >= 15 is 0 Å². The molecular formula is C28H33N5O4S2. The summed E-state index contributed by atoms with van der Waals surface area (Å²) < 4.78 is 58.0. The van der Waals surface area contributed by atoms with Crippen LogP contribution in [-0.4, -0.2) is 69.0 Å². The summed E-state index contributed by atoms with van der Waals surface area (Å²) in [7, 11) is -7.74. The van der Waals surface area contributed by atoms with E-state index in [-0.39, 0.29) is 36.2 Å². The molecular weight excluding hydrogens is 534 g/mol. The highest BCUT2D eigenvalue weighted by Gasteiger charge is 2.53. The zero-order valence-electron chi connectivity index (χ0n) is 22.3. The van der Waals surface area contributed by atoms with Gasteiger partial charge in [-0.1, -0.05) is 65.2 Å². The van der Waals surface area contributed by atoms with Crippen molar-refractivity contribution in [2.75, 3.05) is 33.0 Å². The fourth-order valence-corrected chi connectivity index (χ4v) is 8.46. The van der Waals surface area contributed by atoms with Gasteiger partial charge in [-0.25, -0.2) is 16.8 Å². The number of hydrogen-bond donors (Lipinski definition) is 1. The van der Waals surface area contributed by atoms with Crippen molar-refractivity contribution in [1.82, 2.24) is 13.5 Å². The first-order chi connectivity index (χ1) is 18.4. The van der Waals surface area contributed by atoms with Crippen LogP contribution in [0.1, 0.15) is 22.3 Å². The molecule has 2 fully saturated rings. The van der Waals surface area contributed by atoms with E-state index in [0.717, 1.165) is 22.3 Å². The molecule has 2 heterocycles. The molecule has 206 valence electrons. The Balaban J connectivity index is 1.59. The minimum atomic E-state index is -3.87. The first-order valence-corrected chi connectivity index (χ1v) is 15.5. The first kappa shape index (κ1) is 27.5. The zero-order chi connectivity index (χ0) is 28.0. The highest BCUT2D eigenvalue weighted by Crippen LogP contribution is 2.39. The van der Waals surface area contributed by atoms with Crippen LogP contribution in [0.4, 0.5) is 0 Å². The highest BCUT2D eigenvalue weighted by molar-refractivity contribution is 7.89. The van der Waals surface area contributed by atoms with Crippen LogP contribution in [0.25, 0.3) is 0 Å². The monoisotopic (exact) mass is 567 g/mol. The van der Waals surface area contributed by atoms with E-state index in [1.807, 2.05) is 49.9 Å². The zero-order valence-corrected chi connectivity index (χ0v) is 23.9. The molecule has 0 saturated carbocycles. The van der Waals surface area contributed by atoms with E-state index in [1.165, 1.54) is 8.61 Å². The summed E-state index contributed by atoms with van der Waals surface area (Å²) in [6, 6.07) is 21.1. The molecule has 2 saturated heterocycles. The molecule has 0 aromatic heterocycles. The molecule has 39 heavy (non-hydrogen) atoms. The van der Waals surface area contributed by atoms with Crippen LogP contribution in [-0.2, 0) is 20.0 Å². The topological polar surface area (TPSA) is 116 Å². The maximum absolute atomic E-state index is 13.8. The minimum Gasteiger partial charge on any atom is -0.323 e. The number of nitrogens with two attached hydrogens (primary N) is 1. The van der Waals surface area contributed by atoms with Crippen LogP contribution in [0.2, 0.25) is 0 Å². The number of nitrogens with zero attached hydrogens (tertiary/aromatic N) is 4. The van der Waals surface area contributed by atoms with Crippen molar-refractivity contribution < 1.29 is 16.8 Å². The SMILES string of the molecule is Cc1ccc(C(=NN)C23CN(CN(S(=O)(=O)c4ccc(C)cc4)C2)CN(S(=O)(=O)c2ccc(C)cc2)C3)cc1. The average molecular weight is 568 g/mol. The van der Waals surface area contributed by atoms with Crippen LogP contribution in [0.15, 0.2) is 87.7 Å². The Labute approximate surface area is 230 Å². The summed E-state index contributed by atoms with van der Waals surface area (Å²) in [6.07, 6.45) is 0. The van der Waals surface area contributed by atoms with E-state index in [9.17, 15) is 16.8 Å². The molecule has 2 aliphatic rings. The number of hydrogen-bond acceptors (Lipinski definition) is 7. The summed E-state index contributed by atoms with van der Waals surface area (Å²) in [5.74, 6) is 6.00. The lowest BCUT2D eigenvalue weighted by Crippen LogP contribution is -2.69. The molecule has 2 aliphatic heterocycles. The van der Waals surface area contributed by atoms with E-state index < -0.39 is 25.5 Å². The van der Waals surface area contributed by atoms with Gasteiger partial charge in [0.15, 0.2) is 0 Å². The summed E-state index contributed by atoms with van der Waals surface area (Å²) in [6.45, 7) is 6.33. The van der Waals surface area contributed by atoms with Gasteiger partial charge in [-0.2, -0.15) is 13.7 Å². The van der Waals surface area contributed by atoms with Crippen molar-refractivity contribution in [2.24, 2.45) is 16.4 Å². The van der Waals surface area contributed by atoms with Gasteiger partial charge in [0.05, 0.1) is 34.3 Å². The van der Waals surface area contributed by atoms with Crippen molar-refractivity contribution in [2.45, 2.75) is 30.6 Å². The Bertz CT molecular complexity index is 1510. The molecule has 0 aliphatic carbocycles. The molecule has 3 aromatic carbocycles. The van der Waals surface area contributed by atoms with Gasteiger partial charge in [0.1, 0.15) is 0 Å². The lowest BCUT2D eigenvalue weighted by atomic mass is 9.76. The maximum Gasteiger partial charge on any atom is 0.244 e. The molecule has 0 radical (unpaired) electrons. The molecule has 0 spiro atoms. The third kappa shape index (κ3) is 5.12. The Morgan fingerprint density at radius 2 is 1.05 bits per heavy atom. The predicted molar refractivity (Wildman–Crippen MR) is 151 cm³/mol. The second kappa shape index (κ2) is 10.1. The van der Waals surface area contributed by atoms with Gasteiger partial charge < -0.3 is 5.84 Å². The van der Waals surface area contributed by atoms with E-state index in [0.29, 0.717) is 12.3 Å². The lowest BCUT2D eigenvalue weighted by molar-refractivity contribution is -0.00595. The second-order valence-corrected chi connectivity index (χ2v) is 14.5. The third-order valence-electron chi connectivity index (χ3n) is 7.47. The van der Waals surface area contributed by atoms with Crippen molar-refractivity contribution in [3.63, 3.8) is 0 Å². The number of sulfonamides is 2. The van der Waals surface area contributed by atoms with Gasteiger partial charge in [-0.05, 0) is 50.6 Å². The van der Waals surface area contributed by atoms with Crippen LogP contribution in [0.5, 0.6) is 0 Å². The van der Waals surface area contributed by atoms with Gasteiger partial charge in [0.2, 0.25) is 20.0 Å². The average Bonchev–Trinajstić information content (AvgIpc) is 2.90. The fourth-order valence-electron chi connectivity index (χ4n) is 5.44. The summed E-state index contributed by atoms with van der Waals surface area (Å²) in [5, 5.41) is 4.17. The van der Waals surface area contributed by atoms with Gasteiger partial charge in [-0.15, -0.1) is 0 Å². The Morgan fingerprint density at radius 3 is 1.44 bits per heavy atom. The van der Waals surface area contributed by atoms with E-state index in [1.54, 1.807) is 48.5 Å². The van der Waals surface area contributed by atoms with Gasteiger partial charge >= 0.3 is 0 Å². The molecule has 0 unspecified atom stereocenters. The molecule has 2 N–H and O–H groups in total. The predicted octanol–water partition coefficient (Wildman–Crippen LogP) is 2.89. The number of hydrazone groups is 1.